The number of esters is 3. The molecule has 5 aliphatic carbocycles. The lowest BCUT2D eigenvalue weighted by Gasteiger charge is -2.71. The minimum absolute atomic E-state index is 0.0465. The van der Waals surface area contributed by atoms with Crippen LogP contribution < -0.4 is 5.32 Å². The average molecular weight is 728 g/mol. The van der Waals surface area contributed by atoms with E-state index in [1.807, 2.05) is 0 Å². The fourth-order valence-electron chi connectivity index (χ4n) is 12.9. The Morgan fingerprint density at radius 3 is 2.13 bits per heavy atom. The minimum Gasteiger partial charge on any atom is -0.465 e. The Morgan fingerprint density at radius 1 is 0.827 bits per heavy atom. The van der Waals surface area contributed by atoms with Gasteiger partial charge in [-0.25, -0.2) is 0 Å². The van der Waals surface area contributed by atoms with Crippen molar-refractivity contribution in [2.24, 2.45) is 56.2 Å². The van der Waals surface area contributed by atoms with Crippen LogP contribution in [0.4, 0.5) is 0 Å². The Morgan fingerprint density at radius 2 is 1.48 bits per heavy atom. The number of amides is 1. The number of aliphatic hydroxyl groups is 1. The van der Waals surface area contributed by atoms with Crippen molar-refractivity contribution in [3.05, 3.63) is 11.6 Å². The Kier molecular flexibility index (Phi) is 10.1. The van der Waals surface area contributed by atoms with E-state index in [9.17, 15) is 19.5 Å². The summed E-state index contributed by atoms with van der Waals surface area (Å²) in [5, 5.41) is 14.3. The molecule has 4 saturated carbocycles. The summed E-state index contributed by atoms with van der Waals surface area (Å²) in [5.41, 5.74) is 0.858. The van der Waals surface area contributed by atoms with Crippen molar-refractivity contribution in [3.63, 3.8) is 0 Å². The molecule has 0 aromatic carbocycles. The number of allylic oxidation sites excluding steroid dienone is 2. The minimum atomic E-state index is -1.00. The first kappa shape index (κ1) is 39.2. The third-order valence-corrected chi connectivity index (χ3v) is 16.1. The van der Waals surface area contributed by atoms with Gasteiger partial charge >= 0.3 is 17.9 Å². The maximum absolute atomic E-state index is 15.0. The number of fused-ring (bicyclic) bond motifs is 7. The van der Waals surface area contributed by atoms with E-state index in [2.05, 4.69) is 59.9 Å². The van der Waals surface area contributed by atoms with E-state index in [0.717, 1.165) is 64.2 Å². The summed E-state index contributed by atoms with van der Waals surface area (Å²) >= 11 is 0. The van der Waals surface area contributed by atoms with E-state index in [4.69, 9.17) is 18.9 Å². The summed E-state index contributed by atoms with van der Waals surface area (Å²) in [6.07, 6.45) is 8.92. The van der Waals surface area contributed by atoms with Gasteiger partial charge in [0.2, 0.25) is 5.91 Å². The molecule has 0 bridgehead atoms. The quantitative estimate of drug-likeness (QED) is 0.168. The molecule has 12 atom stereocenters. The van der Waals surface area contributed by atoms with E-state index >= 15 is 4.79 Å². The lowest BCUT2D eigenvalue weighted by molar-refractivity contribution is -0.204. The van der Waals surface area contributed by atoms with Crippen LogP contribution in [0.2, 0.25) is 0 Å². The summed E-state index contributed by atoms with van der Waals surface area (Å²) in [6, 6.07) is 0. The summed E-state index contributed by atoms with van der Waals surface area (Å²) in [7, 11) is 0. The van der Waals surface area contributed by atoms with Crippen molar-refractivity contribution in [2.45, 2.75) is 158 Å². The van der Waals surface area contributed by atoms with E-state index in [1.165, 1.54) is 26.3 Å². The molecule has 1 heterocycles. The van der Waals surface area contributed by atoms with Gasteiger partial charge in [-0.05, 0) is 109 Å². The first-order valence-electron chi connectivity index (χ1n) is 19.9. The molecule has 1 saturated heterocycles. The molecular weight excluding hydrogens is 662 g/mol. The number of ether oxygens (including phenoxy) is 4. The van der Waals surface area contributed by atoms with Crippen LogP contribution in [0.1, 0.15) is 133 Å². The highest BCUT2D eigenvalue weighted by Gasteiger charge is 2.69. The molecule has 52 heavy (non-hydrogen) atoms. The molecule has 6 rings (SSSR count). The SMILES string of the molecule is CC(=O)OCC1OC(NC(=O)[C@]23CCC(C)(C)CC2C2=CCC4[C@@]5(C)CC[C@H](O)C(C)(C)C5CC[C@@]4(C)[C@]2(C)CC3)C(OC(C)=O)[C@@H]1COC(C)=O. The molecule has 0 aromatic rings. The van der Waals surface area contributed by atoms with Crippen LogP contribution in [-0.2, 0) is 38.1 Å². The molecule has 0 aromatic heterocycles. The van der Waals surface area contributed by atoms with Crippen molar-refractivity contribution in [1.82, 2.24) is 5.32 Å². The standard InChI is InChI=1S/C42H65NO9/c1-24(44)49-22-27-30(23-50-25(2)45)52-35(34(27)51-26(3)46)43-36(48)42-19-17-37(4,5)21-29(42)28-11-12-32-39(8)15-14-33(47)38(6,7)31(39)13-16-41(32,10)40(28,9)18-20-42/h11,27,29-35,47H,12-23H2,1-10H3,(H,43,48)/t27-,29?,30?,31?,32?,33+,34?,35?,39+,40-,41-,42+/m1/s1. The Balaban J connectivity index is 1.33. The van der Waals surface area contributed by atoms with Crippen molar-refractivity contribution in [2.75, 3.05) is 13.2 Å². The maximum Gasteiger partial charge on any atom is 0.303 e. The average Bonchev–Trinajstić information content (AvgIpc) is 3.35. The van der Waals surface area contributed by atoms with Crippen molar-refractivity contribution in [3.8, 4) is 0 Å². The first-order chi connectivity index (χ1) is 24.1. The van der Waals surface area contributed by atoms with Crippen LogP contribution in [0.15, 0.2) is 11.6 Å². The highest BCUT2D eigenvalue weighted by atomic mass is 16.6. The molecular formula is C42H65NO9. The summed E-state index contributed by atoms with van der Waals surface area (Å²) in [6.45, 7) is 20.4. The fraction of sp³-hybridized carbons (Fsp3) is 0.857. The monoisotopic (exact) mass is 727 g/mol. The number of carbonyl (C=O) groups excluding carboxylic acids is 4. The highest BCUT2D eigenvalue weighted by molar-refractivity contribution is 5.84. The topological polar surface area (TPSA) is 137 Å². The predicted octanol–water partition coefficient (Wildman–Crippen LogP) is 6.66. The number of carbonyl (C=O) groups is 4. The predicted molar refractivity (Wildman–Crippen MR) is 194 cm³/mol. The van der Waals surface area contributed by atoms with Crippen LogP contribution in [-0.4, -0.2) is 66.7 Å². The summed E-state index contributed by atoms with van der Waals surface area (Å²) < 4.78 is 22.8. The Bertz CT molecular complexity index is 1490. The van der Waals surface area contributed by atoms with E-state index < -0.39 is 47.7 Å². The Hall–Kier alpha value is -2.46. The van der Waals surface area contributed by atoms with Crippen molar-refractivity contribution >= 4 is 23.8 Å². The lowest BCUT2D eigenvalue weighted by atomic mass is 9.33. The van der Waals surface area contributed by atoms with E-state index in [0.29, 0.717) is 11.8 Å². The first-order valence-corrected chi connectivity index (χ1v) is 19.9. The van der Waals surface area contributed by atoms with Crippen LogP contribution in [0.5, 0.6) is 0 Å². The molecule has 0 spiro atoms. The number of rotatable bonds is 7. The van der Waals surface area contributed by atoms with Crippen LogP contribution >= 0.6 is 0 Å². The summed E-state index contributed by atoms with van der Waals surface area (Å²) in [4.78, 5) is 51.0. The molecule has 5 fully saturated rings. The number of hydrogen-bond acceptors (Lipinski definition) is 9. The van der Waals surface area contributed by atoms with Gasteiger partial charge in [0.05, 0.1) is 17.4 Å². The molecule has 6 unspecified atom stereocenters. The van der Waals surface area contributed by atoms with Gasteiger partial charge < -0.3 is 29.4 Å². The zero-order valence-electron chi connectivity index (χ0n) is 33.4. The van der Waals surface area contributed by atoms with E-state index in [-0.39, 0.29) is 58.2 Å². The third kappa shape index (κ3) is 6.23. The second kappa shape index (κ2) is 13.4. The maximum atomic E-state index is 15.0. The Labute approximate surface area is 310 Å². The largest absolute Gasteiger partial charge is 0.465 e. The molecule has 6 aliphatic rings. The smallest absolute Gasteiger partial charge is 0.303 e. The zero-order valence-corrected chi connectivity index (χ0v) is 33.4. The van der Waals surface area contributed by atoms with Gasteiger partial charge in [0.25, 0.3) is 0 Å². The normalized spacial score (nSPS) is 44.4. The van der Waals surface area contributed by atoms with Gasteiger partial charge in [0, 0.05) is 20.8 Å². The van der Waals surface area contributed by atoms with Gasteiger partial charge in [-0.3, -0.25) is 19.2 Å². The van der Waals surface area contributed by atoms with Gasteiger partial charge in [-0.2, -0.15) is 0 Å². The van der Waals surface area contributed by atoms with Crippen LogP contribution in [0.25, 0.3) is 0 Å². The van der Waals surface area contributed by atoms with Crippen molar-refractivity contribution < 1.29 is 43.2 Å². The fourth-order valence-corrected chi connectivity index (χ4v) is 12.9. The molecule has 10 nitrogen and oxygen atoms in total. The summed E-state index contributed by atoms with van der Waals surface area (Å²) in [5.74, 6) is -1.27. The van der Waals surface area contributed by atoms with Crippen LogP contribution in [0, 0.1) is 56.2 Å². The third-order valence-electron chi connectivity index (χ3n) is 16.1. The molecule has 10 heteroatoms. The number of aliphatic hydroxyl groups excluding tert-OH is 1. The van der Waals surface area contributed by atoms with Gasteiger partial charge in [0.15, 0.2) is 12.3 Å². The second-order valence-electron chi connectivity index (χ2n) is 19.7. The molecule has 292 valence electrons. The van der Waals surface area contributed by atoms with E-state index in [1.54, 1.807) is 0 Å². The number of nitrogens with one attached hydrogen (secondary N) is 1. The highest BCUT2D eigenvalue weighted by Crippen LogP contribution is 2.75. The lowest BCUT2D eigenvalue weighted by Crippen LogP contribution is -2.65. The molecule has 2 N–H and O–H groups in total. The second-order valence-corrected chi connectivity index (χ2v) is 19.7. The molecule has 1 aliphatic heterocycles. The van der Waals surface area contributed by atoms with Crippen LogP contribution in [0.3, 0.4) is 0 Å². The van der Waals surface area contributed by atoms with Gasteiger partial charge in [0.1, 0.15) is 19.3 Å². The van der Waals surface area contributed by atoms with Gasteiger partial charge in [-0.15, -0.1) is 0 Å². The molecule has 1 amide bonds. The van der Waals surface area contributed by atoms with Crippen molar-refractivity contribution in [1.29, 1.82) is 0 Å². The molecule has 0 radical (unpaired) electrons. The zero-order chi connectivity index (χ0) is 38.2. The van der Waals surface area contributed by atoms with Gasteiger partial charge in [-0.1, -0.05) is 60.1 Å². The number of hydrogen-bond donors (Lipinski definition) is 2.